The number of aliphatic hydroxyl groups excluding tert-OH is 1. The van der Waals surface area contributed by atoms with Crippen LogP contribution < -0.4 is 0 Å². The summed E-state index contributed by atoms with van der Waals surface area (Å²) in [6.07, 6.45) is 0. The van der Waals surface area contributed by atoms with E-state index in [-0.39, 0.29) is 12.1 Å². The van der Waals surface area contributed by atoms with Crippen molar-refractivity contribution in [1.29, 1.82) is 0 Å². The Bertz CT molecular complexity index is 358. The average molecular weight is 221 g/mol. The second-order valence-electron chi connectivity index (χ2n) is 5.19. The smallest absolute Gasteiger partial charge is 0.0610 e. The van der Waals surface area contributed by atoms with E-state index in [9.17, 15) is 5.11 Å². The fourth-order valence-corrected chi connectivity index (χ4v) is 1.57. The van der Waals surface area contributed by atoms with Crippen LogP contribution in [0.3, 0.4) is 0 Å². The van der Waals surface area contributed by atoms with E-state index in [0.29, 0.717) is 0 Å². The Balaban J connectivity index is 2.85. The van der Waals surface area contributed by atoms with Gasteiger partial charge in [-0.3, -0.25) is 4.90 Å². The van der Waals surface area contributed by atoms with Gasteiger partial charge in [0.25, 0.3) is 0 Å². The maximum absolute atomic E-state index is 9.32. The summed E-state index contributed by atoms with van der Waals surface area (Å²) in [5.41, 5.74) is 3.84. The molecule has 16 heavy (non-hydrogen) atoms. The van der Waals surface area contributed by atoms with Crippen LogP contribution in [0.25, 0.3) is 0 Å². The van der Waals surface area contributed by atoms with E-state index in [1.54, 1.807) is 0 Å². The highest BCUT2D eigenvalue weighted by Crippen LogP contribution is 2.19. The molecule has 0 spiro atoms. The minimum Gasteiger partial charge on any atom is -0.394 e. The maximum Gasteiger partial charge on any atom is 0.0610 e. The lowest BCUT2D eigenvalue weighted by Crippen LogP contribution is -2.43. The van der Waals surface area contributed by atoms with Crippen LogP contribution in [0.15, 0.2) is 18.2 Å². The van der Waals surface area contributed by atoms with E-state index >= 15 is 0 Å². The molecule has 1 rings (SSSR count). The normalized spacial score (nSPS) is 12.2. The zero-order valence-electron chi connectivity index (χ0n) is 11.0. The minimum atomic E-state index is -0.170. The molecule has 1 N–H and O–H groups in total. The average Bonchev–Trinajstić information content (AvgIpc) is 2.24. The topological polar surface area (TPSA) is 23.5 Å². The molecule has 0 aliphatic heterocycles. The molecule has 1 aromatic rings. The Hall–Kier alpha value is -0.860. The van der Waals surface area contributed by atoms with Gasteiger partial charge in [-0.1, -0.05) is 18.2 Å². The van der Waals surface area contributed by atoms with Crippen molar-refractivity contribution in [2.45, 2.75) is 39.8 Å². The van der Waals surface area contributed by atoms with Gasteiger partial charge in [-0.2, -0.15) is 0 Å². The number of benzene rings is 1. The summed E-state index contributed by atoms with van der Waals surface area (Å²) in [7, 11) is 2.05. The largest absolute Gasteiger partial charge is 0.394 e. The Morgan fingerprint density at radius 3 is 2.44 bits per heavy atom. The highest BCUT2D eigenvalue weighted by atomic mass is 16.3. The number of hydrogen-bond donors (Lipinski definition) is 1. The van der Waals surface area contributed by atoms with Gasteiger partial charge in [0.05, 0.1) is 6.61 Å². The quantitative estimate of drug-likeness (QED) is 0.844. The Kier molecular flexibility index (Phi) is 4.11. The molecule has 2 heteroatoms. The van der Waals surface area contributed by atoms with E-state index in [0.717, 1.165) is 6.54 Å². The van der Waals surface area contributed by atoms with Crippen molar-refractivity contribution in [3.05, 3.63) is 34.9 Å². The molecule has 90 valence electrons. The third-order valence-electron chi connectivity index (χ3n) is 3.54. The molecular formula is C14H23NO. The third-order valence-corrected chi connectivity index (χ3v) is 3.54. The molecule has 0 aliphatic carbocycles. The van der Waals surface area contributed by atoms with Crippen molar-refractivity contribution in [2.24, 2.45) is 0 Å². The summed E-state index contributed by atoms with van der Waals surface area (Å²) in [4.78, 5) is 2.19. The second-order valence-corrected chi connectivity index (χ2v) is 5.19. The van der Waals surface area contributed by atoms with Gasteiger partial charge < -0.3 is 5.11 Å². The number of nitrogens with zero attached hydrogens (tertiary/aromatic N) is 1. The van der Waals surface area contributed by atoms with Gasteiger partial charge in [0.1, 0.15) is 0 Å². The fraction of sp³-hybridized carbons (Fsp3) is 0.571. The van der Waals surface area contributed by atoms with Crippen LogP contribution in [0.2, 0.25) is 0 Å². The van der Waals surface area contributed by atoms with E-state index < -0.39 is 0 Å². The first-order chi connectivity index (χ1) is 7.38. The van der Waals surface area contributed by atoms with Gasteiger partial charge in [-0.25, -0.2) is 0 Å². The van der Waals surface area contributed by atoms with E-state index in [2.05, 4.69) is 57.8 Å². The summed E-state index contributed by atoms with van der Waals surface area (Å²) < 4.78 is 0. The molecule has 0 radical (unpaired) electrons. The van der Waals surface area contributed by atoms with Crippen LogP contribution >= 0.6 is 0 Å². The highest BCUT2D eigenvalue weighted by Gasteiger charge is 2.22. The summed E-state index contributed by atoms with van der Waals surface area (Å²) in [6.45, 7) is 9.45. The zero-order chi connectivity index (χ0) is 12.3. The van der Waals surface area contributed by atoms with Crippen molar-refractivity contribution in [3.63, 3.8) is 0 Å². The lowest BCUT2D eigenvalue weighted by Gasteiger charge is -2.34. The number of rotatable bonds is 4. The molecular weight excluding hydrogens is 198 g/mol. The molecule has 0 saturated carbocycles. The van der Waals surface area contributed by atoms with Crippen LogP contribution in [0.1, 0.15) is 30.5 Å². The number of likely N-dealkylation sites (N-methyl/N-ethyl adjacent to an activating group) is 1. The third kappa shape index (κ3) is 2.83. The monoisotopic (exact) mass is 221 g/mol. The van der Waals surface area contributed by atoms with Crippen molar-refractivity contribution < 1.29 is 5.11 Å². The molecule has 0 unspecified atom stereocenters. The van der Waals surface area contributed by atoms with Crippen LogP contribution in [0.5, 0.6) is 0 Å². The van der Waals surface area contributed by atoms with Crippen LogP contribution in [-0.4, -0.2) is 29.2 Å². The van der Waals surface area contributed by atoms with Gasteiger partial charge in [0.15, 0.2) is 0 Å². The summed E-state index contributed by atoms with van der Waals surface area (Å²) in [6, 6.07) is 6.39. The van der Waals surface area contributed by atoms with Gasteiger partial charge in [0, 0.05) is 12.1 Å². The summed E-state index contributed by atoms with van der Waals surface area (Å²) in [5, 5.41) is 9.32. The van der Waals surface area contributed by atoms with Gasteiger partial charge in [-0.05, 0) is 51.4 Å². The van der Waals surface area contributed by atoms with Crippen molar-refractivity contribution in [1.82, 2.24) is 4.90 Å². The molecule has 0 saturated heterocycles. The lowest BCUT2D eigenvalue weighted by atomic mass is 10.00. The van der Waals surface area contributed by atoms with Crippen molar-refractivity contribution >= 4 is 0 Å². The SMILES string of the molecule is Cc1cccc(CN(C)C(C)(C)CO)c1C. The summed E-state index contributed by atoms with van der Waals surface area (Å²) >= 11 is 0. The molecule has 0 fully saturated rings. The maximum atomic E-state index is 9.32. The highest BCUT2D eigenvalue weighted by molar-refractivity contribution is 5.33. The van der Waals surface area contributed by atoms with E-state index in [1.165, 1.54) is 16.7 Å². The number of hydrogen-bond acceptors (Lipinski definition) is 2. The molecule has 0 aliphatic rings. The zero-order valence-corrected chi connectivity index (χ0v) is 11.0. The van der Waals surface area contributed by atoms with Crippen LogP contribution in [0, 0.1) is 13.8 Å². The Morgan fingerprint density at radius 2 is 1.88 bits per heavy atom. The van der Waals surface area contributed by atoms with Crippen molar-refractivity contribution in [2.75, 3.05) is 13.7 Å². The van der Waals surface area contributed by atoms with Crippen molar-refractivity contribution in [3.8, 4) is 0 Å². The molecule has 1 aromatic carbocycles. The molecule has 0 bridgehead atoms. The van der Waals surface area contributed by atoms with Gasteiger partial charge in [-0.15, -0.1) is 0 Å². The predicted molar refractivity (Wildman–Crippen MR) is 68.5 cm³/mol. The first-order valence-electron chi connectivity index (χ1n) is 5.75. The first kappa shape index (κ1) is 13.2. The molecule has 0 amide bonds. The Labute approximate surface area is 98.9 Å². The van der Waals surface area contributed by atoms with Gasteiger partial charge in [0.2, 0.25) is 0 Å². The minimum absolute atomic E-state index is 0.170. The standard InChI is InChI=1S/C14H23NO/c1-11-7-6-8-13(12(11)2)9-15(5)14(3,4)10-16/h6-8,16H,9-10H2,1-5H3. The molecule has 2 nitrogen and oxygen atoms in total. The number of aliphatic hydroxyl groups is 1. The number of aryl methyl sites for hydroxylation is 1. The molecule has 0 aromatic heterocycles. The van der Waals surface area contributed by atoms with Crippen LogP contribution in [0.4, 0.5) is 0 Å². The van der Waals surface area contributed by atoms with Gasteiger partial charge >= 0.3 is 0 Å². The summed E-state index contributed by atoms with van der Waals surface area (Å²) in [5.74, 6) is 0. The molecule has 0 atom stereocenters. The second kappa shape index (κ2) is 4.98. The lowest BCUT2D eigenvalue weighted by molar-refractivity contribution is 0.0732. The Morgan fingerprint density at radius 1 is 1.25 bits per heavy atom. The fourth-order valence-electron chi connectivity index (χ4n) is 1.57. The predicted octanol–water partition coefficient (Wildman–Crippen LogP) is 2.51. The first-order valence-corrected chi connectivity index (χ1v) is 5.75. The van der Waals surface area contributed by atoms with E-state index in [1.807, 2.05) is 0 Å². The molecule has 0 heterocycles. The van der Waals surface area contributed by atoms with E-state index in [4.69, 9.17) is 0 Å². The van der Waals surface area contributed by atoms with Crippen LogP contribution in [-0.2, 0) is 6.54 Å².